The molecule has 0 aliphatic carbocycles. The van der Waals surface area contributed by atoms with E-state index in [1.165, 1.54) is 7.11 Å². The summed E-state index contributed by atoms with van der Waals surface area (Å²) in [5.74, 6) is 0.731. The molecule has 7 nitrogen and oxygen atoms in total. The van der Waals surface area contributed by atoms with Crippen molar-refractivity contribution in [2.45, 2.75) is 13.0 Å². The summed E-state index contributed by atoms with van der Waals surface area (Å²) in [5.41, 5.74) is 8.34. The number of benzene rings is 3. The van der Waals surface area contributed by atoms with E-state index in [1.54, 1.807) is 42.3 Å². The predicted octanol–water partition coefficient (Wildman–Crippen LogP) is 3.95. The van der Waals surface area contributed by atoms with Gasteiger partial charge < -0.3 is 25.4 Å². The largest absolute Gasteiger partial charge is 0.493 e. The van der Waals surface area contributed by atoms with E-state index in [2.05, 4.69) is 5.32 Å². The van der Waals surface area contributed by atoms with Gasteiger partial charge in [0, 0.05) is 29.9 Å². The Kier molecular flexibility index (Phi) is 8.43. The highest BCUT2D eigenvalue weighted by atomic mass is 16.5. The molecular formula is C26H29N3O4. The molecule has 0 saturated heterocycles. The molecule has 0 radical (unpaired) electrons. The van der Waals surface area contributed by atoms with E-state index < -0.39 is 0 Å². The Morgan fingerprint density at radius 2 is 1.64 bits per heavy atom. The van der Waals surface area contributed by atoms with Crippen LogP contribution in [0.3, 0.4) is 0 Å². The average molecular weight is 448 g/mol. The number of carbonyl (C=O) groups excluding carboxylic acids is 2. The number of nitrogens with two attached hydrogens (primary N) is 1. The molecule has 3 aromatic carbocycles. The molecule has 7 heteroatoms. The first-order chi connectivity index (χ1) is 16.0. The number of hydrogen-bond acceptors (Lipinski definition) is 5. The van der Waals surface area contributed by atoms with E-state index >= 15 is 0 Å². The van der Waals surface area contributed by atoms with Crippen LogP contribution in [0.25, 0.3) is 0 Å². The first-order valence-electron chi connectivity index (χ1n) is 10.7. The van der Waals surface area contributed by atoms with Gasteiger partial charge in [-0.1, -0.05) is 30.3 Å². The van der Waals surface area contributed by atoms with Crippen molar-refractivity contribution in [3.8, 4) is 11.5 Å². The van der Waals surface area contributed by atoms with Crippen molar-refractivity contribution in [3.05, 3.63) is 89.5 Å². The molecule has 3 N–H and O–H groups in total. The van der Waals surface area contributed by atoms with Crippen LogP contribution in [0.5, 0.6) is 11.5 Å². The fraction of sp³-hybridized carbons (Fsp3) is 0.231. The Balaban J connectivity index is 1.78. The summed E-state index contributed by atoms with van der Waals surface area (Å²) >= 11 is 0. The summed E-state index contributed by atoms with van der Waals surface area (Å²) < 4.78 is 10.6. The van der Waals surface area contributed by atoms with Gasteiger partial charge in [0.05, 0.1) is 14.2 Å². The van der Waals surface area contributed by atoms with Gasteiger partial charge in [-0.05, 0) is 61.0 Å². The lowest BCUT2D eigenvalue weighted by Gasteiger charge is -2.23. The first kappa shape index (κ1) is 23.8. The number of hydrogen-bond donors (Lipinski definition) is 2. The number of amides is 2. The minimum absolute atomic E-state index is 0.136. The van der Waals surface area contributed by atoms with Crippen molar-refractivity contribution in [2.75, 3.05) is 32.6 Å². The minimum atomic E-state index is -0.186. The Labute approximate surface area is 194 Å². The van der Waals surface area contributed by atoms with Gasteiger partial charge >= 0.3 is 0 Å². The minimum Gasteiger partial charge on any atom is -0.493 e. The van der Waals surface area contributed by atoms with Crippen molar-refractivity contribution in [2.24, 2.45) is 5.73 Å². The van der Waals surface area contributed by atoms with Crippen LogP contribution in [0.15, 0.2) is 72.8 Å². The summed E-state index contributed by atoms with van der Waals surface area (Å²) in [5, 5.41) is 2.91. The van der Waals surface area contributed by atoms with Crippen LogP contribution in [-0.4, -0.2) is 44.0 Å². The van der Waals surface area contributed by atoms with Gasteiger partial charge in [0.25, 0.3) is 11.8 Å². The summed E-state index contributed by atoms with van der Waals surface area (Å²) in [6, 6.07) is 21.6. The fourth-order valence-electron chi connectivity index (χ4n) is 3.45. The third-order valence-electron chi connectivity index (χ3n) is 5.14. The van der Waals surface area contributed by atoms with Crippen LogP contribution >= 0.6 is 0 Å². The predicted molar refractivity (Wildman–Crippen MR) is 129 cm³/mol. The molecule has 3 aromatic rings. The number of nitrogens with one attached hydrogen (secondary N) is 1. The number of rotatable bonds is 10. The molecule has 0 unspecified atom stereocenters. The Morgan fingerprint density at radius 1 is 0.879 bits per heavy atom. The van der Waals surface area contributed by atoms with E-state index in [4.69, 9.17) is 15.2 Å². The Hall–Kier alpha value is -3.84. The van der Waals surface area contributed by atoms with Gasteiger partial charge in [-0.3, -0.25) is 9.59 Å². The average Bonchev–Trinajstić information content (AvgIpc) is 2.86. The van der Waals surface area contributed by atoms with Gasteiger partial charge in [-0.2, -0.15) is 0 Å². The quantitative estimate of drug-likeness (QED) is 0.491. The van der Waals surface area contributed by atoms with Gasteiger partial charge in [0.2, 0.25) is 0 Å². The lowest BCUT2D eigenvalue weighted by Crippen LogP contribution is -2.32. The van der Waals surface area contributed by atoms with E-state index in [9.17, 15) is 9.59 Å². The highest BCUT2D eigenvalue weighted by molar-refractivity contribution is 6.04. The Bertz CT molecular complexity index is 1090. The molecule has 0 heterocycles. The zero-order chi connectivity index (χ0) is 23.6. The van der Waals surface area contributed by atoms with Gasteiger partial charge in [0.1, 0.15) is 0 Å². The maximum Gasteiger partial charge on any atom is 0.255 e. The second-order valence-electron chi connectivity index (χ2n) is 7.46. The zero-order valence-corrected chi connectivity index (χ0v) is 18.9. The molecule has 0 aromatic heterocycles. The van der Waals surface area contributed by atoms with Crippen LogP contribution in [-0.2, 0) is 6.54 Å². The van der Waals surface area contributed by atoms with Crippen molar-refractivity contribution in [1.29, 1.82) is 0 Å². The monoisotopic (exact) mass is 447 g/mol. The lowest BCUT2D eigenvalue weighted by atomic mass is 10.1. The third-order valence-corrected chi connectivity index (χ3v) is 5.14. The second kappa shape index (κ2) is 11.7. The van der Waals surface area contributed by atoms with Crippen LogP contribution in [0.2, 0.25) is 0 Å². The molecule has 0 spiro atoms. The molecule has 0 aliphatic rings. The SMILES string of the molecule is COc1ccc(C(=O)N(CCCN)Cc2cccc(NC(=O)c3ccccc3)c2)cc1OC. The maximum absolute atomic E-state index is 13.3. The fourth-order valence-corrected chi connectivity index (χ4v) is 3.45. The summed E-state index contributed by atoms with van der Waals surface area (Å²) in [7, 11) is 3.09. The molecule has 0 bridgehead atoms. The van der Waals surface area contributed by atoms with Crippen molar-refractivity contribution in [3.63, 3.8) is 0 Å². The van der Waals surface area contributed by atoms with Crippen LogP contribution in [0.1, 0.15) is 32.7 Å². The smallest absolute Gasteiger partial charge is 0.255 e. The molecule has 0 atom stereocenters. The Morgan fingerprint density at radius 3 is 2.33 bits per heavy atom. The topological polar surface area (TPSA) is 93.9 Å². The number of carbonyl (C=O) groups is 2. The van der Waals surface area contributed by atoms with Gasteiger partial charge in [-0.25, -0.2) is 0 Å². The van der Waals surface area contributed by atoms with Crippen molar-refractivity contribution < 1.29 is 19.1 Å². The maximum atomic E-state index is 13.3. The third kappa shape index (κ3) is 6.33. The standard InChI is InChI=1S/C26H29N3O4/c1-32-23-13-12-21(17-24(23)33-2)26(31)29(15-7-14-27)18-19-8-6-11-22(16-19)28-25(30)20-9-4-3-5-10-20/h3-6,8-13,16-17H,7,14-15,18,27H2,1-2H3,(H,28,30). The highest BCUT2D eigenvalue weighted by Crippen LogP contribution is 2.28. The summed E-state index contributed by atoms with van der Waals surface area (Å²) in [4.78, 5) is 27.5. The highest BCUT2D eigenvalue weighted by Gasteiger charge is 2.18. The van der Waals surface area contributed by atoms with Crippen molar-refractivity contribution in [1.82, 2.24) is 4.90 Å². The molecule has 33 heavy (non-hydrogen) atoms. The molecule has 0 aliphatic heterocycles. The van der Waals surface area contributed by atoms with E-state index in [1.807, 2.05) is 42.5 Å². The number of nitrogens with zero attached hydrogens (tertiary/aromatic N) is 1. The van der Waals surface area contributed by atoms with Crippen LogP contribution in [0, 0.1) is 0 Å². The number of anilines is 1. The summed E-state index contributed by atoms with van der Waals surface area (Å²) in [6.07, 6.45) is 0.670. The molecule has 172 valence electrons. The van der Waals surface area contributed by atoms with Crippen LogP contribution in [0.4, 0.5) is 5.69 Å². The normalized spacial score (nSPS) is 10.4. The molecule has 2 amide bonds. The number of ether oxygens (including phenoxy) is 2. The molecule has 3 rings (SSSR count). The van der Waals surface area contributed by atoms with Crippen molar-refractivity contribution >= 4 is 17.5 Å². The zero-order valence-electron chi connectivity index (χ0n) is 18.9. The first-order valence-corrected chi connectivity index (χ1v) is 10.7. The summed E-state index contributed by atoms with van der Waals surface area (Å²) in [6.45, 7) is 1.36. The number of methoxy groups -OCH3 is 2. The molecule has 0 saturated carbocycles. The van der Waals surface area contributed by atoms with Crippen LogP contribution < -0.4 is 20.5 Å². The van der Waals surface area contributed by atoms with Gasteiger partial charge in [0.15, 0.2) is 11.5 Å². The van der Waals surface area contributed by atoms with E-state index in [0.717, 1.165) is 5.56 Å². The lowest BCUT2D eigenvalue weighted by molar-refractivity contribution is 0.0741. The van der Waals surface area contributed by atoms with Gasteiger partial charge in [-0.15, -0.1) is 0 Å². The second-order valence-corrected chi connectivity index (χ2v) is 7.46. The molecule has 0 fully saturated rings. The van der Waals surface area contributed by atoms with E-state index in [-0.39, 0.29) is 11.8 Å². The molecular weight excluding hydrogens is 418 g/mol. The van der Waals surface area contributed by atoms with E-state index in [0.29, 0.717) is 54.4 Å².